The van der Waals surface area contributed by atoms with Crippen LogP contribution in [0.2, 0.25) is 0 Å². The fraction of sp³-hybridized carbons (Fsp3) is 0.929. The first-order valence-electron chi connectivity index (χ1n) is 7.27. The molecular formula is C14H27NO3. The number of piperidine rings is 1. The summed E-state index contributed by atoms with van der Waals surface area (Å²) in [5.74, 6) is -0.681. The van der Waals surface area contributed by atoms with Crippen LogP contribution < -0.4 is 0 Å². The molecule has 1 aliphatic rings. The molecule has 0 spiro atoms. The lowest BCUT2D eigenvalue weighted by atomic mass is 10.0. The Morgan fingerprint density at radius 2 is 2.22 bits per heavy atom. The molecule has 0 bridgehead atoms. The second kappa shape index (κ2) is 8.48. The van der Waals surface area contributed by atoms with E-state index in [9.17, 15) is 9.90 Å². The zero-order chi connectivity index (χ0) is 13.4. The number of nitrogens with zero attached hydrogens (tertiary/aromatic N) is 1. The van der Waals surface area contributed by atoms with Gasteiger partial charge in [0, 0.05) is 13.2 Å². The summed E-state index contributed by atoms with van der Waals surface area (Å²) in [4.78, 5) is 13.4. The summed E-state index contributed by atoms with van der Waals surface area (Å²) in [6, 6.07) is -0.321. The van der Waals surface area contributed by atoms with E-state index in [1.807, 2.05) is 0 Å². The fourth-order valence-corrected chi connectivity index (χ4v) is 2.53. The molecule has 18 heavy (non-hydrogen) atoms. The van der Waals surface area contributed by atoms with Gasteiger partial charge in [-0.3, -0.25) is 9.69 Å². The van der Waals surface area contributed by atoms with Crippen molar-refractivity contribution in [1.29, 1.82) is 0 Å². The Morgan fingerprint density at radius 1 is 1.44 bits per heavy atom. The molecule has 0 aromatic rings. The lowest BCUT2D eigenvalue weighted by Crippen LogP contribution is -2.48. The van der Waals surface area contributed by atoms with Crippen LogP contribution in [0.15, 0.2) is 0 Å². The molecule has 0 aromatic carbocycles. The monoisotopic (exact) mass is 257 g/mol. The van der Waals surface area contributed by atoms with Crippen molar-refractivity contribution in [3.05, 3.63) is 0 Å². The number of hydrogen-bond donors (Lipinski definition) is 1. The second-order valence-electron chi connectivity index (χ2n) is 5.13. The molecule has 0 amide bonds. The van der Waals surface area contributed by atoms with Gasteiger partial charge in [-0.2, -0.15) is 0 Å². The Balaban J connectivity index is 2.47. The molecule has 4 heteroatoms. The highest BCUT2D eigenvalue weighted by Gasteiger charge is 2.30. The standard InChI is InChI=1S/C14H27NO3/c1-3-5-8-13(14(16)17)15-9-6-7-12(11-15)18-10-4-2/h12-13H,3-11H2,1-2H3,(H,16,17). The molecule has 0 aromatic heterocycles. The van der Waals surface area contributed by atoms with Gasteiger partial charge in [-0.05, 0) is 32.2 Å². The Kier molecular flexibility index (Phi) is 7.28. The highest BCUT2D eigenvalue weighted by atomic mass is 16.5. The van der Waals surface area contributed by atoms with Crippen molar-refractivity contribution >= 4 is 5.97 Å². The van der Waals surface area contributed by atoms with E-state index < -0.39 is 5.97 Å². The summed E-state index contributed by atoms with van der Waals surface area (Å²) in [5.41, 5.74) is 0. The molecule has 0 aliphatic carbocycles. The Morgan fingerprint density at radius 3 is 2.83 bits per heavy atom. The minimum absolute atomic E-state index is 0.224. The topological polar surface area (TPSA) is 49.8 Å². The first kappa shape index (κ1) is 15.4. The number of rotatable bonds is 8. The SMILES string of the molecule is CCCCC(C(=O)O)N1CCCC(OCCC)C1. The van der Waals surface area contributed by atoms with Gasteiger partial charge in [-0.25, -0.2) is 0 Å². The van der Waals surface area contributed by atoms with E-state index >= 15 is 0 Å². The van der Waals surface area contributed by atoms with Crippen molar-refractivity contribution in [2.24, 2.45) is 0 Å². The molecule has 1 heterocycles. The number of carboxylic acids is 1. The predicted octanol–water partition coefficient (Wildman–Crippen LogP) is 2.52. The molecule has 1 saturated heterocycles. The average molecular weight is 257 g/mol. The van der Waals surface area contributed by atoms with Gasteiger partial charge in [0.1, 0.15) is 6.04 Å². The maximum Gasteiger partial charge on any atom is 0.320 e. The Hall–Kier alpha value is -0.610. The third-order valence-corrected chi connectivity index (χ3v) is 3.52. The molecule has 1 aliphatic heterocycles. The summed E-state index contributed by atoms with van der Waals surface area (Å²) < 4.78 is 5.76. The summed E-state index contributed by atoms with van der Waals surface area (Å²) in [5, 5.41) is 9.33. The van der Waals surface area contributed by atoms with Crippen LogP contribution in [0, 0.1) is 0 Å². The van der Waals surface area contributed by atoms with E-state index in [1.54, 1.807) is 0 Å². The van der Waals surface area contributed by atoms with Gasteiger partial charge in [-0.1, -0.05) is 26.7 Å². The van der Waals surface area contributed by atoms with E-state index in [4.69, 9.17) is 4.74 Å². The second-order valence-corrected chi connectivity index (χ2v) is 5.13. The van der Waals surface area contributed by atoms with Gasteiger partial charge in [0.15, 0.2) is 0 Å². The molecule has 2 unspecified atom stereocenters. The molecule has 0 saturated carbocycles. The number of aliphatic carboxylic acids is 1. The van der Waals surface area contributed by atoms with E-state index in [2.05, 4.69) is 18.7 Å². The third-order valence-electron chi connectivity index (χ3n) is 3.52. The minimum atomic E-state index is -0.681. The smallest absolute Gasteiger partial charge is 0.320 e. The van der Waals surface area contributed by atoms with Gasteiger partial charge in [-0.15, -0.1) is 0 Å². The van der Waals surface area contributed by atoms with Crippen LogP contribution in [0.4, 0.5) is 0 Å². The predicted molar refractivity (Wildman–Crippen MR) is 71.8 cm³/mol. The van der Waals surface area contributed by atoms with E-state index in [0.29, 0.717) is 0 Å². The van der Waals surface area contributed by atoms with E-state index in [1.165, 1.54) is 0 Å². The average Bonchev–Trinajstić information content (AvgIpc) is 2.37. The van der Waals surface area contributed by atoms with Crippen LogP contribution in [-0.2, 0) is 9.53 Å². The minimum Gasteiger partial charge on any atom is -0.480 e. The third kappa shape index (κ3) is 4.94. The van der Waals surface area contributed by atoms with E-state index in [-0.39, 0.29) is 12.1 Å². The number of carbonyl (C=O) groups is 1. The van der Waals surface area contributed by atoms with Crippen molar-refractivity contribution < 1.29 is 14.6 Å². The van der Waals surface area contributed by atoms with Crippen LogP contribution in [0.3, 0.4) is 0 Å². The van der Waals surface area contributed by atoms with Crippen LogP contribution in [0.1, 0.15) is 52.4 Å². The number of unbranched alkanes of at least 4 members (excludes halogenated alkanes) is 1. The summed E-state index contributed by atoms with van der Waals surface area (Å²) in [6.45, 7) is 6.66. The highest BCUT2D eigenvalue weighted by molar-refractivity contribution is 5.73. The molecule has 106 valence electrons. The van der Waals surface area contributed by atoms with E-state index in [0.717, 1.165) is 58.2 Å². The number of carboxylic acid groups (broad SMARTS) is 1. The van der Waals surface area contributed by atoms with Crippen molar-refractivity contribution in [1.82, 2.24) is 4.90 Å². The molecule has 1 rings (SSSR count). The summed E-state index contributed by atoms with van der Waals surface area (Å²) in [7, 11) is 0. The molecule has 2 atom stereocenters. The number of likely N-dealkylation sites (tertiary alicyclic amines) is 1. The number of ether oxygens (including phenoxy) is 1. The van der Waals surface area contributed by atoms with Crippen molar-refractivity contribution in [2.45, 2.75) is 64.5 Å². The summed E-state index contributed by atoms with van der Waals surface area (Å²) in [6.07, 6.45) is 6.14. The first-order valence-corrected chi connectivity index (χ1v) is 7.27. The van der Waals surface area contributed by atoms with Crippen LogP contribution in [-0.4, -0.2) is 47.8 Å². The molecule has 1 N–H and O–H groups in total. The van der Waals surface area contributed by atoms with Gasteiger partial charge in [0.25, 0.3) is 0 Å². The quantitative estimate of drug-likeness (QED) is 0.726. The lowest BCUT2D eigenvalue weighted by molar-refractivity contribution is -0.145. The molecule has 0 radical (unpaired) electrons. The molecular weight excluding hydrogens is 230 g/mol. The lowest BCUT2D eigenvalue weighted by Gasteiger charge is -2.36. The van der Waals surface area contributed by atoms with Gasteiger partial charge >= 0.3 is 5.97 Å². The molecule has 1 fully saturated rings. The highest BCUT2D eigenvalue weighted by Crippen LogP contribution is 2.19. The number of hydrogen-bond acceptors (Lipinski definition) is 3. The first-order chi connectivity index (χ1) is 8.69. The van der Waals surface area contributed by atoms with Crippen molar-refractivity contribution in [2.75, 3.05) is 19.7 Å². The van der Waals surface area contributed by atoms with Gasteiger partial charge in [0.2, 0.25) is 0 Å². The zero-order valence-electron chi connectivity index (χ0n) is 11.7. The van der Waals surface area contributed by atoms with Gasteiger partial charge < -0.3 is 9.84 Å². The van der Waals surface area contributed by atoms with Crippen molar-refractivity contribution in [3.63, 3.8) is 0 Å². The van der Waals surface area contributed by atoms with Crippen LogP contribution >= 0.6 is 0 Å². The van der Waals surface area contributed by atoms with Crippen LogP contribution in [0.25, 0.3) is 0 Å². The van der Waals surface area contributed by atoms with Gasteiger partial charge in [0.05, 0.1) is 6.10 Å². The Labute approximate surface area is 110 Å². The van der Waals surface area contributed by atoms with Crippen molar-refractivity contribution in [3.8, 4) is 0 Å². The fourth-order valence-electron chi connectivity index (χ4n) is 2.53. The molecule has 4 nitrogen and oxygen atoms in total. The normalized spacial score (nSPS) is 22.9. The zero-order valence-corrected chi connectivity index (χ0v) is 11.7. The summed E-state index contributed by atoms with van der Waals surface area (Å²) >= 11 is 0. The maximum absolute atomic E-state index is 11.3. The maximum atomic E-state index is 11.3. The largest absolute Gasteiger partial charge is 0.480 e. The Bertz CT molecular complexity index is 245. The van der Waals surface area contributed by atoms with Crippen LogP contribution in [0.5, 0.6) is 0 Å².